The van der Waals surface area contributed by atoms with Crippen LogP contribution in [0.25, 0.3) is 0 Å². The van der Waals surface area contributed by atoms with Gasteiger partial charge >= 0.3 is 0 Å². The summed E-state index contributed by atoms with van der Waals surface area (Å²) in [6.07, 6.45) is 7.36. The second-order valence-electron chi connectivity index (χ2n) is 5.27. The zero-order valence-corrected chi connectivity index (χ0v) is 11.8. The second-order valence-corrected chi connectivity index (χ2v) is 5.27. The van der Waals surface area contributed by atoms with Crippen molar-refractivity contribution in [1.82, 2.24) is 10.3 Å². The molecule has 1 aliphatic heterocycles. The molecule has 0 bridgehead atoms. The lowest BCUT2D eigenvalue weighted by atomic mass is 9.88. The Morgan fingerprint density at radius 1 is 1.39 bits per heavy atom. The Hall–Kier alpha value is -1.09. The molecule has 100 valence electrons. The summed E-state index contributed by atoms with van der Waals surface area (Å²) < 4.78 is 0. The molecule has 0 radical (unpaired) electrons. The summed E-state index contributed by atoms with van der Waals surface area (Å²) >= 11 is 0. The van der Waals surface area contributed by atoms with E-state index in [0.29, 0.717) is 6.04 Å². The fraction of sp³-hybridized carbons (Fsp3) is 0.667. The number of piperazine rings is 1. The zero-order chi connectivity index (χ0) is 13.0. The predicted molar refractivity (Wildman–Crippen MR) is 77.0 cm³/mol. The molecule has 1 saturated heterocycles. The molecule has 1 aromatic rings. The molecule has 18 heavy (non-hydrogen) atoms. The van der Waals surface area contributed by atoms with E-state index in [1.165, 1.54) is 24.9 Å². The summed E-state index contributed by atoms with van der Waals surface area (Å²) in [7, 11) is 0. The number of pyridine rings is 1. The first kappa shape index (κ1) is 13.3. The molecule has 1 aromatic heterocycles. The van der Waals surface area contributed by atoms with Crippen LogP contribution in [0.5, 0.6) is 0 Å². The highest BCUT2D eigenvalue weighted by Crippen LogP contribution is 2.27. The average molecular weight is 247 g/mol. The second kappa shape index (κ2) is 5.70. The standard InChI is InChI=1S/C15H25N3/c1-4-13-11-17-15(5-2,6-3)12-18(13)14-8-7-9-16-10-14/h7-10,13,17H,4-6,11-12H2,1-3H3. The maximum absolute atomic E-state index is 4.27. The fourth-order valence-corrected chi connectivity index (χ4v) is 2.87. The Morgan fingerprint density at radius 3 is 2.72 bits per heavy atom. The summed E-state index contributed by atoms with van der Waals surface area (Å²) in [6, 6.07) is 4.79. The Kier molecular flexibility index (Phi) is 4.23. The van der Waals surface area contributed by atoms with Crippen LogP contribution in [-0.4, -0.2) is 29.7 Å². The molecule has 2 heterocycles. The molecule has 0 amide bonds. The number of rotatable bonds is 4. The van der Waals surface area contributed by atoms with Gasteiger partial charge in [0.1, 0.15) is 0 Å². The molecule has 3 heteroatoms. The fourth-order valence-electron chi connectivity index (χ4n) is 2.87. The first-order valence-corrected chi connectivity index (χ1v) is 7.16. The quantitative estimate of drug-likeness (QED) is 0.887. The molecule has 0 aromatic carbocycles. The Balaban J connectivity index is 2.23. The van der Waals surface area contributed by atoms with Gasteiger partial charge in [0.25, 0.3) is 0 Å². The summed E-state index contributed by atoms with van der Waals surface area (Å²) in [6.45, 7) is 8.99. The van der Waals surface area contributed by atoms with Crippen LogP contribution in [-0.2, 0) is 0 Å². The average Bonchev–Trinajstić information content (AvgIpc) is 2.47. The van der Waals surface area contributed by atoms with E-state index < -0.39 is 0 Å². The molecule has 0 saturated carbocycles. The predicted octanol–water partition coefficient (Wildman–Crippen LogP) is 2.83. The maximum Gasteiger partial charge on any atom is 0.0556 e. The number of nitrogens with one attached hydrogen (secondary N) is 1. The van der Waals surface area contributed by atoms with Gasteiger partial charge in [-0.25, -0.2) is 0 Å². The summed E-state index contributed by atoms with van der Waals surface area (Å²) in [5, 5.41) is 3.77. The van der Waals surface area contributed by atoms with Crippen molar-refractivity contribution in [2.45, 2.75) is 51.6 Å². The van der Waals surface area contributed by atoms with E-state index in [1.807, 2.05) is 18.5 Å². The summed E-state index contributed by atoms with van der Waals surface area (Å²) in [5.41, 5.74) is 1.53. The van der Waals surface area contributed by atoms with Gasteiger partial charge < -0.3 is 10.2 Å². The van der Waals surface area contributed by atoms with Gasteiger partial charge in [-0.15, -0.1) is 0 Å². The van der Waals surface area contributed by atoms with Crippen LogP contribution in [0.15, 0.2) is 24.5 Å². The van der Waals surface area contributed by atoms with Crippen LogP contribution in [0.4, 0.5) is 5.69 Å². The van der Waals surface area contributed by atoms with Crippen molar-refractivity contribution in [2.24, 2.45) is 0 Å². The van der Waals surface area contributed by atoms with Crippen LogP contribution in [0.1, 0.15) is 40.0 Å². The molecule has 1 N–H and O–H groups in total. The number of nitrogens with zero attached hydrogens (tertiary/aromatic N) is 2. The third-order valence-corrected chi connectivity index (χ3v) is 4.43. The van der Waals surface area contributed by atoms with Gasteiger partial charge in [0.15, 0.2) is 0 Å². The van der Waals surface area contributed by atoms with E-state index >= 15 is 0 Å². The molecule has 1 aliphatic rings. The van der Waals surface area contributed by atoms with Crippen molar-refractivity contribution < 1.29 is 0 Å². The van der Waals surface area contributed by atoms with Crippen molar-refractivity contribution in [3.8, 4) is 0 Å². The molecular formula is C15H25N3. The van der Waals surface area contributed by atoms with Gasteiger partial charge in [-0.1, -0.05) is 20.8 Å². The van der Waals surface area contributed by atoms with E-state index in [1.54, 1.807) is 0 Å². The van der Waals surface area contributed by atoms with E-state index in [2.05, 4.69) is 42.0 Å². The highest BCUT2D eigenvalue weighted by atomic mass is 15.3. The Morgan fingerprint density at radius 2 is 2.17 bits per heavy atom. The van der Waals surface area contributed by atoms with Gasteiger partial charge in [0.05, 0.1) is 11.9 Å². The molecule has 1 unspecified atom stereocenters. The number of hydrogen-bond acceptors (Lipinski definition) is 3. The van der Waals surface area contributed by atoms with Crippen molar-refractivity contribution in [2.75, 3.05) is 18.0 Å². The third-order valence-electron chi connectivity index (χ3n) is 4.43. The SMILES string of the molecule is CCC1CNC(CC)(CC)CN1c1cccnc1. The van der Waals surface area contributed by atoms with Crippen molar-refractivity contribution in [1.29, 1.82) is 0 Å². The molecule has 0 spiro atoms. The number of hydrogen-bond donors (Lipinski definition) is 1. The van der Waals surface area contributed by atoms with E-state index in [9.17, 15) is 0 Å². The minimum Gasteiger partial charge on any atom is -0.364 e. The van der Waals surface area contributed by atoms with E-state index in [0.717, 1.165) is 13.1 Å². The smallest absolute Gasteiger partial charge is 0.0556 e. The molecule has 1 fully saturated rings. The molecule has 2 rings (SSSR count). The Labute approximate surface area is 111 Å². The molecule has 1 atom stereocenters. The topological polar surface area (TPSA) is 28.2 Å². The lowest BCUT2D eigenvalue weighted by Gasteiger charge is -2.48. The highest BCUT2D eigenvalue weighted by Gasteiger charge is 2.36. The zero-order valence-electron chi connectivity index (χ0n) is 11.8. The van der Waals surface area contributed by atoms with E-state index in [-0.39, 0.29) is 5.54 Å². The van der Waals surface area contributed by atoms with Gasteiger partial charge in [0.2, 0.25) is 0 Å². The normalized spacial score (nSPS) is 23.1. The van der Waals surface area contributed by atoms with E-state index in [4.69, 9.17) is 0 Å². The minimum absolute atomic E-state index is 0.265. The summed E-state index contributed by atoms with van der Waals surface area (Å²) in [4.78, 5) is 6.80. The summed E-state index contributed by atoms with van der Waals surface area (Å²) in [5.74, 6) is 0. The van der Waals surface area contributed by atoms with Crippen molar-refractivity contribution >= 4 is 5.69 Å². The molecule has 3 nitrogen and oxygen atoms in total. The number of anilines is 1. The minimum atomic E-state index is 0.265. The van der Waals surface area contributed by atoms with Crippen LogP contribution in [0, 0.1) is 0 Å². The van der Waals surface area contributed by atoms with Gasteiger partial charge in [-0.3, -0.25) is 4.98 Å². The lowest BCUT2D eigenvalue weighted by Crippen LogP contribution is -2.64. The lowest BCUT2D eigenvalue weighted by molar-refractivity contribution is 0.246. The van der Waals surface area contributed by atoms with Gasteiger partial charge in [0, 0.05) is 30.9 Å². The number of aromatic nitrogens is 1. The van der Waals surface area contributed by atoms with Crippen molar-refractivity contribution in [3.05, 3.63) is 24.5 Å². The van der Waals surface area contributed by atoms with Crippen LogP contribution in [0.3, 0.4) is 0 Å². The highest BCUT2D eigenvalue weighted by molar-refractivity contribution is 5.46. The van der Waals surface area contributed by atoms with Crippen LogP contribution in [0.2, 0.25) is 0 Å². The largest absolute Gasteiger partial charge is 0.364 e. The van der Waals surface area contributed by atoms with Gasteiger partial charge in [-0.05, 0) is 31.4 Å². The first-order valence-electron chi connectivity index (χ1n) is 7.16. The van der Waals surface area contributed by atoms with Gasteiger partial charge in [-0.2, -0.15) is 0 Å². The Bertz CT molecular complexity index is 359. The third kappa shape index (κ3) is 2.51. The van der Waals surface area contributed by atoms with Crippen molar-refractivity contribution in [3.63, 3.8) is 0 Å². The molecule has 0 aliphatic carbocycles. The van der Waals surface area contributed by atoms with Crippen LogP contribution < -0.4 is 10.2 Å². The maximum atomic E-state index is 4.27. The first-order chi connectivity index (χ1) is 8.74. The monoisotopic (exact) mass is 247 g/mol. The van der Waals surface area contributed by atoms with Crippen LogP contribution >= 0.6 is 0 Å². The molecular weight excluding hydrogens is 222 g/mol.